The second-order valence-electron chi connectivity index (χ2n) is 2.85. The summed E-state index contributed by atoms with van der Waals surface area (Å²) in [6, 6.07) is 1.74. The third-order valence-corrected chi connectivity index (χ3v) is 2.04. The molecular weight excluding hydrogens is 262 g/mol. The molecule has 1 aromatic rings. The van der Waals surface area contributed by atoms with Crippen molar-refractivity contribution in [2.75, 3.05) is 6.61 Å². The Kier molecular flexibility index (Phi) is 4.55. The van der Waals surface area contributed by atoms with Crippen LogP contribution < -0.4 is 4.74 Å². The Labute approximate surface area is 96.7 Å². The van der Waals surface area contributed by atoms with Crippen LogP contribution in [0.25, 0.3) is 0 Å². The monoisotopic (exact) mass is 273 g/mol. The Morgan fingerprint density at radius 3 is 2.93 bits per heavy atom. The van der Waals surface area contributed by atoms with Gasteiger partial charge in [0, 0.05) is 10.7 Å². The number of pyridine rings is 1. The van der Waals surface area contributed by atoms with Gasteiger partial charge < -0.3 is 9.47 Å². The molecule has 0 aromatic carbocycles. The van der Waals surface area contributed by atoms with E-state index in [0.717, 1.165) is 4.47 Å². The van der Waals surface area contributed by atoms with Gasteiger partial charge in [-0.2, -0.15) is 0 Å². The van der Waals surface area contributed by atoms with Gasteiger partial charge in [0.25, 0.3) is 0 Å². The number of hydrogen-bond donors (Lipinski definition) is 0. The third-order valence-electron chi connectivity index (χ3n) is 1.61. The predicted molar refractivity (Wildman–Crippen MR) is 58.7 cm³/mol. The zero-order chi connectivity index (χ0) is 11.3. The molecule has 0 saturated heterocycles. The van der Waals surface area contributed by atoms with Gasteiger partial charge in [0.2, 0.25) is 0 Å². The molecule has 0 N–H and O–H groups in total. The summed E-state index contributed by atoms with van der Waals surface area (Å²) in [6.45, 7) is 3.74. The van der Waals surface area contributed by atoms with E-state index in [1.165, 1.54) is 0 Å². The molecule has 1 unspecified atom stereocenters. The molecule has 5 heteroatoms. The first-order chi connectivity index (χ1) is 7.13. The number of hydrogen-bond acceptors (Lipinski definition) is 4. The molecule has 0 radical (unpaired) electrons. The van der Waals surface area contributed by atoms with Crippen LogP contribution in [0.5, 0.6) is 5.75 Å². The van der Waals surface area contributed by atoms with E-state index in [0.29, 0.717) is 12.4 Å². The largest absolute Gasteiger partial charge is 0.477 e. The summed E-state index contributed by atoms with van der Waals surface area (Å²) < 4.78 is 11.0. The molecule has 0 aliphatic heterocycles. The molecule has 1 heterocycles. The maximum Gasteiger partial charge on any atom is 0.347 e. The van der Waals surface area contributed by atoms with E-state index in [9.17, 15) is 4.79 Å². The fraction of sp³-hybridized carbons (Fsp3) is 0.400. The highest BCUT2D eigenvalue weighted by Gasteiger charge is 2.15. The number of esters is 1. The molecule has 0 amide bonds. The molecule has 0 aliphatic carbocycles. The Balaban J connectivity index is 2.58. The van der Waals surface area contributed by atoms with Crippen LogP contribution in [-0.4, -0.2) is 23.7 Å². The standard InChI is InChI=1S/C10H12BrNO3/c1-3-14-10(13)7(2)15-9-4-8(11)5-12-6-9/h4-7H,3H2,1-2H3. The maximum absolute atomic E-state index is 11.3. The van der Waals surface area contributed by atoms with E-state index in [2.05, 4.69) is 20.9 Å². The smallest absolute Gasteiger partial charge is 0.347 e. The third kappa shape index (κ3) is 3.87. The summed E-state index contributed by atoms with van der Waals surface area (Å²) in [5.41, 5.74) is 0. The summed E-state index contributed by atoms with van der Waals surface area (Å²) in [6.07, 6.45) is 2.56. The van der Waals surface area contributed by atoms with Gasteiger partial charge in [-0.15, -0.1) is 0 Å². The molecule has 4 nitrogen and oxygen atoms in total. The first-order valence-corrected chi connectivity index (χ1v) is 5.36. The number of carbonyl (C=O) groups excluding carboxylic acids is 1. The van der Waals surface area contributed by atoms with Crippen molar-refractivity contribution in [3.8, 4) is 5.75 Å². The summed E-state index contributed by atoms with van der Waals surface area (Å²) in [5.74, 6) is 0.155. The minimum Gasteiger partial charge on any atom is -0.477 e. The van der Waals surface area contributed by atoms with E-state index in [1.54, 1.807) is 32.3 Å². The molecule has 0 spiro atoms. The van der Waals surface area contributed by atoms with Crippen LogP contribution in [-0.2, 0) is 9.53 Å². The van der Waals surface area contributed by atoms with Gasteiger partial charge in [0.1, 0.15) is 5.75 Å². The lowest BCUT2D eigenvalue weighted by Gasteiger charge is -2.12. The SMILES string of the molecule is CCOC(=O)C(C)Oc1cncc(Br)c1. The summed E-state index contributed by atoms with van der Waals surface area (Å²) in [7, 11) is 0. The average molecular weight is 274 g/mol. The quantitative estimate of drug-likeness (QED) is 0.789. The predicted octanol–water partition coefficient (Wildman–Crippen LogP) is 2.17. The average Bonchev–Trinajstić information content (AvgIpc) is 2.18. The first kappa shape index (κ1) is 12.0. The molecule has 82 valence electrons. The molecule has 0 aliphatic rings. The lowest BCUT2D eigenvalue weighted by Crippen LogP contribution is -2.26. The summed E-state index contributed by atoms with van der Waals surface area (Å²) in [4.78, 5) is 15.2. The molecular formula is C10H12BrNO3. The molecule has 1 atom stereocenters. The second kappa shape index (κ2) is 5.70. The molecule has 15 heavy (non-hydrogen) atoms. The molecule has 1 rings (SSSR count). The van der Waals surface area contributed by atoms with E-state index in [4.69, 9.17) is 9.47 Å². The zero-order valence-corrected chi connectivity index (χ0v) is 10.2. The number of halogens is 1. The molecule has 0 saturated carbocycles. The maximum atomic E-state index is 11.3. The van der Waals surface area contributed by atoms with E-state index >= 15 is 0 Å². The van der Waals surface area contributed by atoms with Crippen LogP contribution in [0.2, 0.25) is 0 Å². The van der Waals surface area contributed by atoms with Gasteiger partial charge in [-0.05, 0) is 35.8 Å². The van der Waals surface area contributed by atoms with Crippen molar-refractivity contribution in [2.45, 2.75) is 20.0 Å². The van der Waals surface area contributed by atoms with Crippen LogP contribution >= 0.6 is 15.9 Å². The fourth-order valence-corrected chi connectivity index (χ4v) is 1.31. The van der Waals surface area contributed by atoms with E-state index < -0.39 is 6.10 Å². The minimum atomic E-state index is -0.624. The van der Waals surface area contributed by atoms with Gasteiger partial charge in [0.05, 0.1) is 12.8 Å². The number of carbonyl (C=O) groups is 1. The summed E-state index contributed by atoms with van der Waals surface area (Å²) >= 11 is 3.26. The Morgan fingerprint density at radius 2 is 2.33 bits per heavy atom. The molecule has 1 aromatic heterocycles. The highest BCUT2D eigenvalue weighted by molar-refractivity contribution is 9.10. The first-order valence-electron chi connectivity index (χ1n) is 4.57. The van der Waals surface area contributed by atoms with Crippen LogP contribution in [0.15, 0.2) is 22.9 Å². The Morgan fingerprint density at radius 1 is 1.60 bits per heavy atom. The Bertz CT molecular complexity index is 343. The van der Waals surface area contributed by atoms with E-state index in [1.807, 2.05) is 0 Å². The minimum absolute atomic E-state index is 0.350. The van der Waals surface area contributed by atoms with Gasteiger partial charge >= 0.3 is 5.97 Å². The van der Waals surface area contributed by atoms with Crippen LogP contribution in [0, 0.1) is 0 Å². The topological polar surface area (TPSA) is 48.4 Å². The number of nitrogens with zero attached hydrogens (tertiary/aromatic N) is 1. The molecule has 0 bridgehead atoms. The number of aromatic nitrogens is 1. The Hall–Kier alpha value is -1.10. The van der Waals surface area contributed by atoms with Crippen molar-refractivity contribution in [2.24, 2.45) is 0 Å². The summed E-state index contributed by atoms with van der Waals surface area (Å²) in [5, 5.41) is 0. The second-order valence-corrected chi connectivity index (χ2v) is 3.77. The van der Waals surface area contributed by atoms with E-state index in [-0.39, 0.29) is 5.97 Å². The van der Waals surface area contributed by atoms with Crippen molar-refractivity contribution in [3.63, 3.8) is 0 Å². The van der Waals surface area contributed by atoms with Crippen LogP contribution in [0.1, 0.15) is 13.8 Å². The van der Waals surface area contributed by atoms with Gasteiger partial charge in [-0.1, -0.05) is 0 Å². The molecule has 0 fully saturated rings. The highest BCUT2D eigenvalue weighted by atomic mass is 79.9. The van der Waals surface area contributed by atoms with Crippen molar-refractivity contribution in [3.05, 3.63) is 22.9 Å². The highest BCUT2D eigenvalue weighted by Crippen LogP contribution is 2.17. The van der Waals surface area contributed by atoms with Gasteiger partial charge in [0.15, 0.2) is 6.10 Å². The zero-order valence-electron chi connectivity index (χ0n) is 8.57. The fourth-order valence-electron chi connectivity index (χ4n) is 0.969. The van der Waals surface area contributed by atoms with Gasteiger partial charge in [-0.3, -0.25) is 4.98 Å². The normalized spacial score (nSPS) is 11.9. The van der Waals surface area contributed by atoms with Gasteiger partial charge in [-0.25, -0.2) is 4.79 Å². The van der Waals surface area contributed by atoms with Crippen molar-refractivity contribution >= 4 is 21.9 Å². The lowest BCUT2D eigenvalue weighted by molar-refractivity contribution is -0.150. The lowest BCUT2D eigenvalue weighted by atomic mass is 10.4. The number of rotatable bonds is 4. The van der Waals surface area contributed by atoms with Crippen LogP contribution in [0.4, 0.5) is 0 Å². The van der Waals surface area contributed by atoms with Crippen LogP contribution in [0.3, 0.4) is 0 Å². The van der Waals surface area contributed by atoms with Crippen molar-refractivity contribution in [1.29, 1.82) is 0 Å². The number of ether oxygens (including phenoxy) is 2. The van der Waals surface area contributed by atoms with Crippen molar-refractivity contribution in [1.82, 2.24) is 4.98 Å². The van der Waals surface area contributed by atoms with Crippen molar-refractivity contribution < 1.29 is 14.3 Å².